The van der Waals surface area contributed by atoms with E-state index in [1.807, 2.05) is 12.1 Å². The fourth-order valence-corrected chi connectivity index (χ4v) is 2.06. The van der Waals surface area contributed by atoms with Crippen molar-refractivity contribution >= 4 is 11.9 Å². The second-order valence-electron chi connectivity index (χ2n) is 5.02. The molecule has 0 fully saturated rings. The molecule has 0 aliphatic heterocycles. The van der Waals surface area contributed by atoms with Crippen molar-refractivity contribution in [1.29, 1.82) is 0 Å². The molecule has 6 nitrogen and oxygen atoms in total. The third kappa shape index (κ3) is 4.65. The average molecular weight is 309 g/mol. The highest BCUT2D eigenvalue weighted by molar-refractivity contribution is 5.83. The molecule has 0 N–H and O–H groups in total. The van der Waals surface area contributed by atoms with Crippen LogP contribution in [-0.4, -0.2) is 51.2 Å². The first-order valence-corrected chi connectivity index (χ1v) is 7.01. The zero-order chi connectivity index (χ0) is 16.7. The Morgan fingerprint density at radius 3 is 2.41 bits per heavy atom. The van der Waals surface area contributed by atoms with Crippen molar-refractivity contribution in [2.24, 2.45) is 0 Å². The van der Waals surface area contributed by atoms with Crippen LogP contribution in [0.25, 0.3) is 0 Å². The lowest BCUT2D eigenvalue weighted by Crippen LogP contribution is -2.34. The van der Waals surface area contributed by atoms with E-state index in [9.17, 15) is 9.59 Å². The first kappa shape index (κ1) is 17.8. The molecule has 1 amide bonds. The number of nitrogens with zero attached hydrogens (tertiary/aromatic N) is 1. The Morgan fingerprint density at radius 2 is 1.86 bits per heavy atom. The summed E-state index contributed by atoms with van der Waals surface area (Å²) in [5.41, 5.74) is 0.852. The zero-order valence-electron chi connectivity index (χ0n) is 13.7. The Bertz CT molecular complexity index is 527. The number of benzene rings is 1. The lowest BCUT2D eigenvalue weighted by molar-refractivity contribution is -0.157. The molecule has 1 unspecified atom stereocenters. The molecule has 0 heterocycles. The summed E-state index contributed by atoms with van der Waals surface area (Å²) < 4.78 is 15.7. The van der Waals surface area contributed by atoms with Crippen molar-refractivity contribution in [2.45, 2.75) is 25.9 Å². The standard InChI is InChI=1S/C16H23NO5/c1-11(16(19)17(2)3)22-14(18)10-9-12-7-6-8-13(20-4)15(12)21-5/h6-8,11H,9-10H2,1-5H3. The highest BCUT2D eigenvalue weighted by atomic mass is 16.5. The molecule has 1 atom stereocenters. The van der Waals surface area contributed by atoms with Crippen LogP contribution in [0.1, 0.15) is 18.9 Å². The number of amides is 1. The number of rotatable bonds is 7. The van der Waals surface area contributed by atoms with Gasteiger partial charge in [-0.3, -0.25) is 9.59 Å². The molecule has 6 heteroatoms. The lowest BCUT2D eigenvalue weighted by atomic mass is 10.1. The van der Waals surface area contributed by atoms with Crippen molar-refractivity contribution in [3.8, 4) is 11.5 Å². The van der Waals surface area contributed by atoms with E-state index in [4.69, 9.17) is 14.2 Å². The third-order valence-corrected chi connectivity index (χ3v) is 3.18. The van der Waals surface area contributed by atoms with Gasteiger partial charge in [-0.2, -0.15) is 0 Å². The quantitative estimate of drug-likeness (QED) is 0.717. The predicted octanol–water partition coefficient (Wildman–Crippen LogP) is 1.66. The molecule has 1 aromatic rings. The topological polar surface area (TPSA) is 65.1 Å². The molecule has 122 valence electrons. The summed E-state index contributed by atoms with van der Waals surface area (Å²) in [7, 11) is 6.35. The first-order chi connectivity index (χ1) is 10.4. The fourth-order valence-electron chi connectivity index (χ4n) is 2.06. The molecule has 0 aliphatic rings. The minimum atomic E-state index is -0.783. The molecular formula is C16H23NO5. The van der Waals surface area contributed by atoms with Gasteiger partial charge in [0.05, 0.1) is 14.2 Å². The number of carbonyl (C=O) groups is 2. The number of aryl methyl sites for hydroxylation is 1. The zero-order valence-corrected chi connectivity index (χ0v) is 13.7. The van der Waals surface area contributed by atoms with Gasteiger partial charge in [0.15, 0.2) is 17.6 Å². The second kappa shape index (κ2) is 8.26. The molecule has 0 saturated carbocycles. The molecule has 1 rings (SSSR count). The molecule has 22 heavy (non-hydrogen) atoms. The number of para-hydroxylation sites is 1. The van der Waals surface area contributed by atoms with Gasteiger partial charge in [-0.05, 0) is 25.0 Å². The van der Waals surface area contributed by atoms with Gasteiger partial charge in [0.25, 0.3) is 5.91 Å². The van der Waals surface area contributed by atoms with Crippen LogP contribution in [0.3, 0.4) is 0 Å². The van der Waals surface area contributed by atoms with E-state index in [0.29, 0.717) is 17.9 Å². The largest absolute Gasteiger partial charge is 0.493 e. The minimum absolute atomic E-state index is 0.161. The Balaban J connectivity index is 2.63. The molecule has 0 radical (unpaired) electrons. The third-order valence-electron chi connectivity index (χ3n) is 3.18. The van der Waals surface area contributed by atoms with E-state index in [1.165, 1.54) is 4.90 Å². The minimum Gasteiger partial charge on any atom is -0.493 e. The number of hydrogen-bond donors (Lipinski definition) is 0. The normalized spacial score (nSPS) is 11.5. The summed E-state index contributed by atoms with van der Waals surface area (Å²) in [5, 5.41) is 0. The molecule has 1 aromatic carbocycles. The smallest absolute Gasteiger partial charge is 0.306 e. The summed E-state index contributed by atoms with van der Waals surface area (Å²) in [6, 6.07) is 5.49. The number of hydrogen-bond acceptors (Lipinski definition) is 5. The Hall–Kier alpha value is -2.24. The van der Waals surface area contributed by atoms with Crippen molar-refractivity contribution < 1.29 is 23.8 Å². The average Bonchev–Trinajstić information content (AvgIpc) is 2.51. The van der Waals surface area contributed by atoms with Crippen molar-refractivity contribution in [1.82, 2.24) is 4.90 Å². The SMILES string of the molecule is COc1cccc(CCC(=O)OC(C)C(=O)N(C)C)c1OC. The number of esters is 1. The van der Waals surface area contributed by atoms with Crippen LogP contribution < -0.4 is 9.47 Å². The van der Waals surface area contributed by atoms with E-state index >= 15 is 0 Å². The summed E-state index contributed by atoms with van der Waals surface area (Å²) >= 11 is 0. The molecule has 0 saturated heterocycles. The number of methoxy groups -OCH3 is 2. The van der Waals surface area contributed by atoms with Gasteiger partial charge in [-0.25, -0.2) is 0 Å². The van der Waals surface area contributed by atoms with Gasteiger partial charge in [-0.1, -0.05) is 12.1 Å². The Labute approximate surface area is 131 Å². The van der Waals surface area contributed by atoms with E-state index in [1.54, 1.807) is 41.3 Å². The van der Waals surface area contributed by atoms with Gasteiger partial charge in [0.1, 0.15) is 0 Å². The molecule has 0 spiro atoms. The van der Waals surface area contributed by atoms with Crippen LogP contribution in [0.15, 0.2) is 18.2 Å². The van der Waals surface area contributed by atoms with Crippen molar-refractivity contribution in [2.75, 3.05) is 28.3 Å². The highest BCUT2D eigenvalue weighted by Gasteiger charge is 2.19. The molecule has 0 aliphatic carbocycles. The van der Waals surface area contributed by atoms with Crippen LogP contribution >= 0.6 is 0 Å². The maximum Gasteiger partial charge on any atom is 0.306 e. The summed E-state index contributed by atoms with van der Waals surface area (Å²) in [5.74, 6) is 0.555. The molecule has 0 bridgehead atoms. The number of ether oxygens (including phenoxy) is 3. The van der Waals surface area contributed by atoms with Gasteiger partial charge < -0.3 is 19.1 Å². The number of likely N-dealkylation sites (N-methyl/N-ethyl adjacent to an activating group) is 1. The van der Waals surface area contributed by atoms with E-state index in [2.05, 4.69) is 0 Å². The van der Waals surface area contributed by atoms with E-state index < -0.39 is 12.1 Å². The van der Waals surface area contributed by atoms with Crippen LogP contribution in [0.2, 0.25) is 0 Å². The highest BCUT2D eigenvalue weighted by Crippen LogP contribution is 2.31. The van der Waals surface area contributed by atoms with Crippen molar-refractivity contribution in [3.05, 3.63) is 23.8 Å². The number of carbonyl (C=O) groups excluding carboxylic acids is 2. The van der Waals surface area contributed by atoms with E-state index in [0.717, 1.165) is 5.56 Å². The molecule has 0 aromatic heterocycles. The lowest BCUT2D eigenvalue weighted by Gasteiger charge is -2.17. The van der Waals surface area contributed by atoms with Crippen molar-refractivity contribution in [3.63, 3.8) is 0 Å². The van der Waals surface area contributed by atoms with Gasteiger partial charge in [0, 0.05) is 20.5 Å². The van der Waals surface area contributed by atoms with Crippen LogP contribution in [0.5, 0.6) is 11.5 Å². The van der Waals surface area contributed by atoms with Gasteiger partial charge in [0.2, 0.25) is 0 Å². The Kier molecular flexibility index (Phi) is 6.69. The van der Waals surface area contributed by atoms with E-state index in [-0.39, 0.29) is 12.3 Å². The van der Waals surface area contributed by atoms with Crippen LogP contribution in [0.4, 0.5) is 0 Å². The van der Waals surface area contributed by atoms with Crippen LogP contribution in [0, 0.1) is 0 Å². The monoisotopic (exact) mass is 309 g/mol. The summed E-state index contributed by atoms with van der Waals surface area (Å²) in [6.07, 6.45) is -0.175. The second-order valence-corrected chi connectivity index (χ2v) is 5.02. The molecular weight excluding hydrogens is 286 g/mol. The Morgan fingerprint density at radius 1 is 1.18 bits per heavy atom. The maximum absolute atomic E-state index is 11.8. The summed E-state index contributed by atoms with van der Waals surface area (Å²) in [4.78, 5) is 24.9. The predicted molar refractivity (Wildman–Crippen MR) is 82.1 cm³/mol. The van der Waals surface area contributed by atoms with Gasteiger partial charge >= 0.3 is 5.97 Å². The van der Waals surface area contributed by atoms with Gasteiger partial charge in [-0.15, -0.1) is 0 Å². The summed E-state index contributed by atoms with van der Waals surface area (Å²) in [6.45, 7) is 1.56. The fraction of sp³-hybridized carbons (Fsp3) is 0.500. The van der Waals surface area contributed by atoms with Crippen LogP contribution in [-0.2, 0) is 20.7 Å². The maximum atomic E-state index is 11.8. The first-order valence-electron chi connectivity index (χ1n) is 7.01.